The van der Waals surface area contributed by atoms with Gasteiger partial charge in [-0.3, -0.25) is 9.59 Å². The molecule has 1 fully saturated rings. The van der Waals surface area contributed by atoms with Gasteiger partial charge in [0.25, 0.3) is 5.91 Å². The minimum atomic E-state index is -0.436. The third-order valence-corrected chi connectivity index (χ3v) is 3.63. The molecule has 0 aliphatic carbocycles. The van der Waals surface area contributed by atoms with Gasteiger partial charge in [-0.05, 0) is 24.3 Å². The number of rotatable bonds is 6. The molecular weight excluding hydrogens is 286 g/mol. The number of carbonyl (C=O) groups excluding carboxylic acids is 2. The predicted molar refractivity (Wildman–Crippen MR) is 80.7 cm³/mol. The highest BCUT2D eigenvalue weighted by Gasteiger charge is 2.24. The third kappa shape index (κ3) is 4.44. The molecule has 1 saturated heterocycles. The molecule has 1 heterocycles. The molecule has 2 atom stereocenters. The van der Waals surface area contributed by atoms with E-state index in [1.165, 1.54) is 0 Å². The molecule has 1 aliphatic rings. The van der Waals surface area contributed by atoms with Crippen molar-refractivity contribution in [1.82, 2.24) is 16.0 Å². The quantitative estimate of drug-likeness (QED) is 0.547. The average Bonchev–Trinajstić information content (AvgIpc) is 2.95. The summed E-state index contributed by atoms with van der Waals surface area (Å²) in [4.78, 5) is 23.6. The van der Waals surface area contributed by atoms with E-state index in [9.17, 15) is 14.7 Å². The predicted octanol–water partition coefficient (Wildman–Crippen LogP) is -0.878. The number of methoxy groups -OCH3 is 1. The summed E-state index contributed by atoms with van der Waals surface area (Å²) in [6.07, 6.45) is -0.436. The van der Waals surface area contributed by atoms with Crippen molar-refractivity contribution in [3.05, 3.63) is 29.8 Å². The van der Waals surface area contributed by atoms with Gasteiger partial charge in [-0.25, -0.2) is 0 Å². The van der Waals surface area contributed by atoms with Gasteiger partial charge in [0, 0.05) is 31.1 Å². The number of ether oxygens (including phenoxy) is 1. The number of β-amino-alcohol motifs (C(OH)–C–C–N with tert-alkyl or cyclic N) is 1. The molecule has 1 aliphatic heterocycles. The van der Waals surface area contributed by atoms with Crippen molar-refractivity contribution in [2.45, 2.75) is 6.10 Å². The van der Waals surface area contributed by atoms with Gasteiger partial charge in [0.05, 0.1) is 19.8 Å². The molecule has 7 nitrogen and oxygen atoms in total. The molecule has 2 unspecified atom stereocenters. The Morgan fingerprint density at radius 3 is 2.59 bits per heavy atom. The van der Waals surface area contributed by atoms with Crippen molar-refractivity contribution in [1.29, 1.82) is 0 Å². The molecule has 0 saturated carbocycles. The lowest BCUT2D eigenvalue weighted by molar-refractivity contribution is -0.120. The van der Waals surface area contributed by atoms with Crippen molar-refractivity contribution in [2.75, 3.05) is 33.3 Å². The number of carbonyl (C=O) groups is 2. The van der Waals surface area contributed by atoms with Crippen LogP contribution in [0.15, 0.2) is 24.3 Å². The first-order chi connectivity index (χ1) is 10.6. The maximum Gasteiger partial charge on any atom is 0.251 e. The van der Waals surface area contributed by atoms with Crippen molar-refractivity contribution in [3.8, 4) is 5.75 Å². The second-order valence-electron chi connectivity index (χ2n) is 5.20. The topological polar surface area (TPSA) is 99.7 Å². The SMILES string of the molecule is COc1ccc(C(=O)NCC(=O)NCC2CNCC2O)cc1. The smallest absolute Gasteiger partial charge is 0.251 e. The van der Waals surface area contributed by atoms with Crippen LogP contribution in [-0.2, 0) is 4.79 Å². The molecule has 0 bridgehead atoms. The zero-order chi connectivity index (χ0) is 15.9. The number of amides is 2. The fourth-order valence-electron chi connectivity index (χ4n) is 2.24. The Kier molecular flexibility index (Phi) is 5.74. The van der Waals surface area contributed by atoms with Gasteiger partial charge in [0.1, 0.15) is 5.75 Å². The molecule has 0 spiro atoms. The van der Waals surface area contributed by atoms with E-state index in [1.54, 1.807) is 31.4 Å². The number of benzene rings is 1. The van der Waals surface area contributed by atoms with Crippen molar-refractivity contribution < 1.29 is 19.4 Å². The first kappa shape index (κ1) is 16.3. The molecule has 2 amide bonds. The lowest BCUT2D eigenvalue weighted by atomic mass is 10.1. The van der Waals surface area contributed by atoms with Gasteiger partial charge < -0.3 is 25.8 Å². The first-order valence-electron chi connectivity index (χ1n) is 7.18. The number of nitrogens with one attached hydrogen (secondary N) is 3. The summed E-state index contributed by atoms with van der Waals surface area (Å²) >= 11 is 0. The highest BCUT2D eigenvalue weighted by atomic mass is 16.5. The largest absolute Gasteiger partial charge is 0.497 e. The molecule has 120 valence electrons. The van der Waals surface area contributed by atoms with E-state index in [0.717, 1.165) is 0 Å². The van der Waals surface area contributed by atoms with Crippen LogP contribution < -0.4 is 20.7 Å². The monoisotopic (exact) mass is 307 g/mol. The van der Waals surface area contributed by atoms with Crippen LogP contribution in [0.3, 0.4) is 0 Å². The first-order valence-corrected chi connectivity index (χ1v) is 7.18. The van der Waals surface area contributed by atoms with Crippen LogP contribution in [-0.4, -0.2) is 56.3 Å². The molecule has 0 radical (unpaired) electrons. The zero-order valence-electron chi connectivity index (χ0n) is 12.5. The van der Waals surface area contributed by atoms with Crippen LogP contribution in [0.2, 0.25) is 0 Å². The Morgan fingerprint density at radius 1 is 1.27 bits per heavy atom. The maximum atomic E-state index is 11.9. The van der Waals surface area contributed by atoms with E-state index in [0.29, 0.717) is 30.9 Å². The minimum absolute atomic E-state index is 0.0150. The lowest BCUT2D eigenvalue weighted by Crippen LogP contribution is -2.40. The summed E-state index contributed by atoms with van der Waals surface area (Å²) in [5.41, 5.74) is 0.462. The van der Waals surface area contributed by atoms with Gasteiger partial charge in [-0.15, -0.1) is 0 Å². The van der Waals surface area contributed by atoms with E-state index in [-0.39, 0.29) is 24.3 Å². The molecule has 7 heteroatoms. The Morgan fingerprint density at radius 2 is 2.00 bits per heavy atom. The maximum absolute atomic E-state index is 11.9. The zero-order valence-corrected chi connectivity index (χ0v) is 12.5. The van der Waals surface area contributed by atoms with E-state index in [1.807, 2.05) is 0 Å². The average molecular weight is 307 g/mol. The molecule has 1 aromatic carbocycles. The molecule has 22 heavy (non-hydrogen) atoms. The van der Waals surface area contributed by atoms with Crippen LogP contribution >= 0.6 is 0 Å². The second-order valence-corrected chi connectivity index (χ2v) is 5.20. The Balaban J connectivity index is 1.71. The molecule has 1 aromatic rings. The Hall–Kier alpha value is -2.12. The molecular formula is C15H21N3O4. The van der Waals surface area contributed by atoms with Gasteiger partial charge in [0.2, 0.25) is 5.91 Å². The van der Waals surface area contributed by atoms with Crippen molar-refractivity contribution in [2.24, 2.45) is 5.92 Å². The van der Waals surface area contributed by atoms with E-state index in [4.69, 9.17) is 4.74 Å². The van der Waals surface area contributed by atoms with Crippen LogP contribution in [0.1, 0.15) is 10.4 Å². The summed E-state index contributed by atoms with van der Waals surface area (Å²) in [5.74, 6) is 0.0839. The normalized spacial score (nSPS) is 20.5. The third-order valence-electron chi connectivity index (χ3n) is 3.63. The summed E-state index contributed by atoms with van der Waals surface area (Å²) in [5, 5.41) is 17.9. The Labute approximate surface area is 129 Å². The fourth-order valence-corrected chi connectivity index (χ4v) is 2.24. The van der Waals surface area contributed by atoms with E-state index >= 15 is 0 Å². The number of hydrogen-bond acceptors (Lipinski definition) is 5. The van der Waals surface area contributed by atoms with Crippen LogP contribution in [0.5, 0.6) is 5.75 Å². The number of hydrogen-bond donors (Lipinski definition) is 4. The van der Waals surface area contributed by atoms with Crippen molar-refractivity contribution in [3.63, 3.8) is 0 Å². The highest BCUT2D eigenvalue weighted by molar-refractivity contribution is 5.96. The second kappa shape index (κ2) is 7.77. The summed E-state index contributed by atoms with van der Waals surface area (Å²) in [6.45, 7) is 1.53. The minimum Gasteiger partial charge on any atom is -0.497 e. The van der Waals surface area contributed by atoms with E-state index in [2.05, 4.69) is 16.0 Å². The fraction of sp³-hybridized carbons (Fsp3) is 0.467. The molecule has 0 aromatic heterocycles. The lowest BCUT2D eigenvalue weighted by Gasteiger charge is -2.14. The highest BCUT2D eigenvalue weighted by Crippen LogP contribution is 2.11. The summed E-state index contributed by atoms with van der Waals surface area (Å²) in [6, 6.07) is 6.63. The van der Waals surface area contributed by atoms with Crippen LogP contribution in [0.4, 0.5) is 0 Å². The van der Waals surface area contributed by atoms with Gasteiger partial charge in [0.15, 0.2) is 0 Å². The van der Waals surface area contributed by atoms with Crippen LogP contribution in [0, 0.1) is 5.92 Å². The number of aliphatic hydroxyl groups excluding tert-OH is 1. The van der Waals surface area contributed by atoms with Crippen molar-refractivity contribution >= 4 is 11.8 Å². The van der Waals surface area contributed by atoms with Gasteiger partial charge >= 0.3 is 0 Å². The van der Waals surface area contributed by atoms with Gasteiger partial charge in [-0.2, -0.15) is 0 Å². The molecule has 4 N–H and O–H groups in total. The standard InChI is InChI=1S/C15H21N3O4/c1-22-12-4-2-10(3-5-12)15(21)18-9-14(20)17-7-11-6-16-8-13(11)19/h2-5,11,13,16,19H,6-9H2,1H3,(H,17,20)(H,18,21). The van der Waals surface area contributed by atoms with E-state index < -0.39 is 6.10 Å². The van der Waals surface area contributed by atoms with Crippen LogP contribution in [0.25, 0.3) is 0 Å². The summed E-state index contributed by atoms with van der Waals surface area (Å²) < 4.78 is 5.02. The summed E-state index contributed by atoms with van der Waals surface area (Å²) in [7, 11) is 1.55. The van der Waals surface area contributed by atoms with Gasteiger partial charge in [-0.1, -0.05) is 0 Å². The number of aliphatic hydroxyl groups is 1. The molecule has 2 rings (SSSR count). The Bertz CT molecular complexity index is 518.